The van der Waals surface area contributed by atoms with Crippen LogP contribution in [0.4, 0.5) is 0 Å². The van der Waals surface area contributed by atoms with Crippen LogP contribution in [-0.4, -0.2) is 40.0 Å². The maximum atomic E-state index is 12.7. The lowest BCUT2D eigenvalue weighted by Crippen LogP contribution is -2.36. The first kappa shape index (κ1) is 22.4. The summed E-state index contributed by atoms with van der Waals surface area (Å²) in [6, 6.07) is 7.25. The maximum absolute atomic E-state index is 12.7. The highest BCUT2D eigenvalue weighted by molar-refractivity contribution is 6.30. The first-order valence-electron chi connectivity index (χ1n) is 10.3. The predicted octanol–water partition coefficient (Wildman–Crippen LogP) is 3.76. The van der Waals surface area contributed by atoms with Gasteiger partial charge in [-0.25, -0.2) is 0 Å². The average Bonchev–Trinajstić information content (AvgIpc) is 3.31. The molecule has 1 aromatic carbocycles. The Bertz CT molecular complexity index is 1050. The molecule has 0 unspecified atom stereocenters. The molecule has 4 atom stereocenters. The summed E-state index contributed by atoms with van der Waals surface area (Å²) >= 11 is 6.00. The average molecular weight is 463 g/mol. The standard InChI is InChI=1S/C22H23ClN2O7/c1-3-30-17-8-22(21(26)27,9-18(17)32-25(28)29)19-12(2)24-10-15-16(19)11-31-20(15)13-4-6-14(23)7-5-13/h4-7,10,17-18,20H,3,8-9,11H2,1-2H3,(H,26,27)/t17-,18-,20-,22+/m0/s1. The fourth-order valence-electron chi connectivity index (χ4n) is 4.97. The van der Waals surface area contributed by atoms with E-state index in [4.69, 9.17) is 25.9 Å². The number of pyridine rings is 1. The van der Waals surface area contributed by atoms with E-state index in [1.807, 2.05) is 12.1 Å². The minimum atomic E-state index is -1.44. The zero-order valence-electron chi connectivity index (χ0n) is 17.6. The topological polar surface area (TPSA) is 121 Å². The maximum Gasteiger partial charge on any atom is 0.314 e. The summed E-state index contributed by atoms with van der Waals surface area (Å²) in [5.41, 5.74) is 2.03. The Morgan fingerprint density at radius 2 is 2.03 bits per heavy atom. The number of hydrogen-bond donors (Lipinski definition) is 1. The van der Waals surface area contributed by atoms with Crippen LogP contribution in [0.3, 0.4) is 0 Å². The van der Waals surface area contributed by atoms with Crippen molar-refractivity contribution < 1.29 is 29.3 Å². The molecule has 10 heteroatoms. The number of aromatic nitrogens is 1. The number of carbonyl (C=O) groups is 1. The molecule has 4 rings (SSSR count). The Morgan fingerprint density at radius 3 is 2.66 bits per heavy atom. The number of carboxylic acids is 1. The zero-order valence-corrected chi connectivity index (χ0v) is 18.4. The Morgan fingerprint density at radius 1 is 1.34 bits per heavy atom. The van der Waals surface area contributed by atoms with Crippen LogP contribution in [-0.2, 0) is 31.1 Å². The van der Waals surface area contributed by atoms with E-state index >= 15 is 0 Å². The third-order valence-electron chi connectivity index (χ3n) is 6.26. The van der Waals surface area contributed by atoms with Crippen LogP contribution in [0.2, 0.25) is 5.02 Å². The first-order chi connectivity index (χ1) is 15.3. The van der Waals surface area contributed by atoms with Gasteiger partial charge in [-0.1, -0.05) is 23.7 Å². The van der Waals surface area contributed by atoms with Gasteiger partial charge in [0.1, 0.15) is 12.2 Å². The molecule has 0 radical (unpaired) electrons. The lowest BCUT2D eigenvalue weighted by atomic mass is 9.74. The fraction of sp³-hybridized carbons (Fsp3) is 0.455. The molecule has 1 aliphatic carbocycles. The Balaban J connectivity index is 1.80. The molecule has 2 heterocycles. The SMILES string of the molecule is CCO[C@H]1C[C@](C(=O)O)(c2c(C)ncc3c2CO[C@H]3c2ccc(Cl)cc2)C[C@@H]1O[N+](=O)[O-]. The fourth-order valence-corrected chi connectivity index (χ4v) is 5.10. The van der Waals surface area contributed by atoms with Crippen LogP contribution >= 0.6 is 11.6 Å². The summed E-state index contributed by atoms with van der Waals surface area (Å²) in [4.78, 5) is 33.0. The van der Waals surface area contributed by atoms with E-state index in [-0.39, 0.29) is 26.1 Å². The summed E-state index contributed by atoms with van der Waals surface area (Å²) in [5, 5.41) is 21.1. The third-order valence-corrected chi connectivity index (χ3v) is 6.51. The second kappa shape index (κ2) is 8.65. The Kier molecular flexibility index (Phi) is 6.07. The quantitative estimate of drug-likeness (QED) is 0.487. The van der Waals surface area contributed by atoms with Gasteiger partial charge in [-0.15, -0.1) is 10.1 Å². The van der Waals surface area contributed by atoms with Crippen molar-refractivity contribution >= 4 is 17.6 Å². The number of halogens is 1. The van der Waals surface area contributed by atoms with Crippen LogP contribution < -0.4 is 0 Å². The molecule has 1 fully saturated rings. The lowest BCUT2D eigenvalue weighted by molar-refractivity contribution is -0.770. The number of aliphatic carboxylic acids is 1. The minimum absolute atomic E-state index is 0.0409. The molecule has 1 saturated carbocycles. The van der Waals surface area contributed by atoms with Gasteiger partial charge in [0.05, 0.1) is 18.1 Å². The van der Waals surface area contributed by atoms with Crippen molar-refractivity contribution in [3.05, 3.63) is 73.5 Å². The van der Waals surface area contributed by atoms with Gasteiger partial charge in [0.25, 0.3) is 5.09 Å². The molecule has 1 aliphatic heterocycles. The monoisotopic (exact) mass is 462 g/mol. The van der Waals surface area contributed by atoms with E-state index in [1.54, 1.807) is 32.2 Å². The van der Waals surface area contributed by atoms with Crippen LogP contribution in [0.15, 0.2) is 30.5 Å². The van der Waals surface area contributed by atoms with E-state index < -0.39 is 34.8 Å². The second-order valence-corrected chi connectivity index (χ2v) is 8.49. The van der Waals surface area contributed by atoms with Crippen molar-refractivity contribution in [1.82, 2.24) is 4.98 Å². The molecule has 2 aliphatic rings. The van der Waals surface area contributed by atoms with Gasteiger partial charge < -0.3 is 19.4 Å². The third kappa shape index (κ3) is 3.80. The summed E-state index contributed by atoms with van der Waals surface area (Å²) in [7, 11) is 0. The molecule has 0 saturated heterocycles. The van der Waals surface area contributed by atoms with Gasteiger partial charge in [0, 0.05) is 29.1 Å². The van der Waals surface area contributed by atoms with E-state index in [2.05, 4.69) is 4.98 Å². The number of carboxylic acid groups (broad SMARTS) is 1. The van der Waals surface area contributed by atoms with Crippen molar-refractivity contribution in [2.24, 2.45) is 0 Å². The van der Waals surface area contributed by atoms with Gasteiger partial charge >= 0.3 is 5.97 Å². The van der Waals surface area contributed by atoms with Gasteiger partial charge in [-0.2, -0.15) is 0 Å². The van der Waals surface area contributed by atoms with Crippen molar-refractivity contribution in [2.75, 3.05) is 6.61 Å². The lowest BCUT2D eigenvalue weighted by Gasteiger charge is -2.28. The van der Waals surface area contributed by atoms with E-state index in [0.29, 0.717) is 16.3 Å². The van der Waals surface area contributed by atoms with E-state index in [0.717, 1.165) is 16.7 Å². The van der Waals surface area contributed by atoms with Crippen LogP contribution in [0.5, 0.6) is 0 Å². The predicted molar refractivity (Wildman–Crippen MR) is 113 cm³/mol. The number of fused-ring (bicyclic) bond motifs is 1. The number of nitrogens with zero attached hydrogens (tertiary/aromatic N) is 2. The van der Waals surface area contributed by atoms with Gasteiger partial charge in [0.2, 0.25) is 0 Å². The van der Waals surface area contributed by atoms with Crippen molar-refractivity contribution in [2.45, 2.75) is 57.0 Å². The highest BCUT2D eigenvalue weighted by Crippen LogP contribution is 2.49. The molecule has 170 valence electrons. The van der Waals surface area contributed by atoms with Gasteiger partial charge in [0.15, 0.2) is 0 Å². The molecule has 32 heavy (non-hydrogen) atoms. The van der Waals surface area contributed by atoms with E-state index in [9.17, 15) is 20.0 Å². The smallest absolute Gasteiger partial charge is 0.314 e. The van der Waals surface area contributed by atoms with Crippen molar-refractivity contribution in [1.29, 1.82) is 0 Å². The second-order valence-electron chi connectivity index (χ2n) is 8.05. The van der Waals surface area contributed by atoms with Gasteiger partial charge in [-0.05, 0) is 55.5 Å². The molecule has 1 N–H and O–H groups in total. The van der Waals surface area contributed by atoms with Crippen LogP contribution in [0.1, 0.15) is 53.8 Å². The number of rotatable bonds is 7. The van der Waals surface area contributed by atoms with Crippen LogP contribution in [0, 0.1) is 17.0 Å². The first-order valence-corrected chi connectivity index (χ1v) is 10.7. The van der Waals surface area contributed by atoms with Crippen molar-refractivity contribution in [3.8, 4) is 0 Å². The minimum Gasteiger partial charge on any atom is -0.481 e. The summed E-state index contributed by atoms with van der Waals surface area (Å²) in [6.45, 7) is 3.98. The largest absolute Gasteiger partial charge is 0.481 e. The molecule has 2 aromatic rings. The molecular weight excluding hydrogens is 440 g/mol. The number of benzene rings is 1. The molecule has 9 nitrogen and oxygen atoms in total. The molecule has 0 bridgehead atoms. The number of hydrogen-bond acceptors (Lipinski definition) is 7. The molecule has 0 spiro atoms. The number of aryl methyl sites for hydroxylation is 1. The molecular formula is C22H23ClN2O7. The highest BCUT2D eigenvalue weighted by atomic mass is 35.5. The molecule has 0 amide bonds. The van der Waals surface area contributed by atoms with Crippen molar-refractivity contribution in [3.63, 3.8) is 0 Å². The van der Waals surface area contributed by atoms with Crippen LogP contribution in [0.25, 0.3) is 0 Å². The van der Waals surface area contributed by atoms with E-state index in [1.165, 1.54) is 0 Å². The molecule has 1 aromatic heterocycles. The zero-order chi connectivity index (χ0) is 23.0. The Hall–Kier alpha value is -2.75. The summed E-state index contributed by atoms with van der Waals surface area (Å²) in [6.07, 6.45) is -0.486. The number of ether oxygens (including phenoxy) is 2. The highest BCUT2D eigenvalue weighted by Gasteiger charge is 2.56. The summed E-state index contributed by atoms with van der Waals surface area (Å²) < 4.78 is 11.7. The van der Waals surface area contributed by atoms with Gasteiger partial charge in [-0.3, -0.25) is 9.78 Å². The Labute approximate surface area is 189 Å². The summed E-state index contributed by atoms with van der Waals surface area (Å²) in [5.74, 6) is -1.09. The normalized spacial score (nSPS) is 26.7.